The van der Waals surface area contributed by atoms with Crippen molar-refractivity contribution in [2.75, 3.05) is 0 Å². The summed E-state index contributed by atoms with van der Waals surface area (Å²) in [6.07, 6.45) is 1.89. The average molecular weight is 393 g/mol. The second-order valence-corrected chi connectivity index (χ2v) is 6.25. The van der Waals surface area contributed by atoms with Crippen molar-refractivity contribution >= 4 is 39.1 Å². The molecule has 7 heteroatoms. The highest BCUT2D eigenvalue weighted by Gasteiger charge is 2.20. The van der Waals surface area contributed by atoms with Gasteiger partial charge in [-0.3, -0.25) is 9.67 Å². The van der Waals surface area contributed by atoms with Gasteiger partial charge in [0.1, 0.15) is 6.10 Å². The van der Waals surface area contributed by atoms with Gasteiger partial charge in [-0.2, -0.15) is 5.10 Å². The fraction of sp³-hybridized carbons (Fsp3) is 0.429. The van der Waals surface area contributed by atoms with Gasteiger partial charge in [0.15, 0.2) is 0 Å². The van der Waals surface area contributed by atoms with E-state index in [0.29, 0.717) is 22.2 Å². The normalized spacial score (nSPS) is 12.7. The van der Waals surface area contributed by atoms with Crippen LogP contribution in [-0.2, 0) is 19.4 Å². The molecule has 0 saturated carbocycles. The summed E-state index contributed by atoms with van der Waals surface area (Å²) in [6.45, 7) is 4.80. The summed E-state index contributed by atoms with van der Waals surface area (Å²) in [7, 11) is 0. The molecule has 21 heavy (non-hydrogen) atoms. The minimum atomic E-state index is -0.808. The molecule has 0 aliphatic heterocycles. The number of rotatable bonds is 5. The van der Waals surface area contributed by atoms with E-state index in [2.05, 4.69) is 26.0 Å². The number of aromatic nitrogens is 3. The van der Waals surface area contributed by atoms with Gasteiger partial charge < -0.3 is 5.11 Å². The Labute approximate surface area is 142 Å². The molecule has 1 unspecified atom stereocenters. The van der Waals surface area contributed by atoms with Gasteiger partial charge in [0.2, 0.25) is 0 Å². The summed E-state index contributed by atoms with van der Waals surface area (Å²) in [4.78, 5) is 4.13. The highest BCUT2D eigenvalue weighted by atomic mass is 79.9. The summed E-state index contributed by atoms with van der Waals surface area (Å²) < 4.78 is 2.83. The smallest absolute Gasteiger partial charge is 0.103 e. The highest BCUT2D eigenvalue weighted by molar-refractivity contribution is 9.10. The lowest BCUT2D eigenvalue weighted by molar-refractivity contribution is 0.170. The fourth-order valence-electron chi connectivity index (χ4n) is 2.16. The molecule has 0 fully saturated rings. The van der Waals surface area contributed by atoms with Gasteiger partial charge >= 0.3 is 0 Å². The maximum Gasteiger partial charge on any atom is 0.103 e. The first-order valence-corrected chi connectivity index (χ1v) is 8.25. The summed E-state index contributed by atoms with van der Waals surface area (Å²) in [5, 5.41) is 15.7. The van der Waals surface area contributed by atoms with E-state index in [9.17, 15) is 5.11 Å². The Balaban J connectivity index is 2.31. The van der Waals surface area contributed by atoms with Crippen molar-refractivity contribution in [3.63, 3.8) is 0 Å². The van der Waals surface area contributed by atoms with E-state index >= 15 is 0 Å². The minimum absolute atomic E-state index is 0.365. The van der Waals surface area contributed by atoms with E-state index in [0.717, 1.165) is 28.8 Å². The Morgan fingerprint density at radius 2 is 2.10 bits per heavy atom. The van der Waals surface area contributed by atoms with Crippen LogP contribution < -0.4 is 0 Å². The zero-order chi connectivity index (χ0) is 15.6. The van der Waals surface area contributed by atoms with Crippen molar-refractivity contribution in [3.8, 4) is 0 Å². The number of hydrogen-bond donors (Lipinski definition) is 1. The van der Waals surface area contributed by atoms with Gasteiger partial charge in [0, 0.05) is 19.2 Å². The summed E-state index contributed by atoms with van der Waals surface area (Å²) in [6, 6.07) is 1.58. The number of halogens is 3. The number of aryl methyl sites for hydroxylation is 2. The molecule has 0 spiro atoms. The van der Waals surface area contributed by atoms with Crippen LogP contribution in [0, 0.1) is 0 Å². The predicted molar refractivity (Wildman–Crippen MR) is 87.9 cm³/mol. The Bertz CT molecular complexity index is 645. The molecule has 114 valence electrons. The number of hydrogen-bond acceptors (Lipinski definition) is 3. The lowest BCUT2D eigenvalue weighted by Crippen LogP contribution is -2.10. The molecule has 4 nitrogen and oxygen atoms in total. The first-order chi connectivity index (χ1) is 9.97. The molecule has 0 bridgehead atoms. The van der Waals surface area contributed by atoms with Crippen LogP contribution in [0.5, 0.6) is 0 Å². The molecule has 2 rings (SSSR count). The minimum Gasteiger partial charge on any atom is -0.386 e. The molecule has 2 aromatic heterocycles. The summed E-state index contributed by atoms with van der Waals surface area (Å²) >= 11 is 15.5. The van der Waals surface area contributed by atoms with Crippen LogP contribution in [0.1, 0.15) is 37.0 Å². The molecule has 0 amide bonds. The van der Waals surface area contributed by atoms with Crippen molar-refractivity contribution in [2.24, 2.45) is 0 Å². The third-order valence-electron chi connectivity index (χ3n) is 3.23. The Kier molecular flexibility index (Phi) is 5.66. The van der Waals surface area contributed by atoms with Crippen LogP contribution in [0.2, 0.25) is 10.0 Å². The van der Waals surface area contributed by atoms with Crippen LogP contribution in [0.3, 0.4) is 0 Å². The number of pyridine rings is 1. The third kappa shape index (κ3) is 3.59. The van der Waals surface area contributed by atoms with Crippen LogP contribution in [0.15, 0.2) is 16.7 Å². The zero-order valence-electron chi connectivity index (χ0n) is 11.8. The largest absolute Gasteiger partial charge is 0.386 e. The second kappa shape index (κ2) is 7.09. The average Bonchev–Trinajstić information content (AvgIpc) is 2.75. The van der Waals surface area contributed by atoms with Crippen molar-refractivity contribution in [2.45, 2.75) is 39.3 Å². The standard InChI is InChI=1S/C14H16BrCl2N3O/c1-3-10-13(15)11(20(4-2)19-10)6-12(21)14-9(17)5-8(16)7-18-14/h5,7,12,21H,3-4,6H2,1-2H3. The molecule has 0 saturated heterocycles. The van der Waals surface area contributed by atoms with Gasteiger partial charge in [-0.1, -0.05) is 30.1 Å². The molecule has 1 atom stereocenters. The summed E-state index contributed by atoms with van der Waals surface area (Å²) in [5.41, 5.74) is 2.35. The van der Waals surface area contributed by atoms with Crippen molar-refractivity contribution in [1.29, 1.82) is 0 Å². The maximum atomic E-state index is 10.4. The Hall–Kier alpha value is -0.620. The third-order valence-corrected chi connectivity index (χ3v) is 4.66. The topological polar surface area (TPSA) is 50.9 Å². The fourth-order valence-corrected chi connectivity index (χ4v) is 3.39. The first-order valence-electron chi connectivity index (χ1n) is 6.70. The molecule has 2 aromatic rings. The van der Waals surface area contributed by atoms with Gasteiger partial charge in [-0.05, 0) is 35.3 Å². The molecule has 0 aliphatic rings. The zero-order valence-corrected chi connectivity index (χ0v) is 14.9. The number of nitrogens with zero attached hydrogens (tertiary/aromatic N) is 3. The Morgan fingerprint density at radius 3 is 2.67 bits per heavy atom. The van der Waals surface area contributed by atoms with E-state index in [1.807, 2.05) is 18.5 Å². The predicted octanol–water partition coefficient (Wildman–Crippen LogP) is 4.21. The van der Waals surface area contributed by atoms with E-state index in [1.165, 1.54) is 6.20 Å². The van der Waals surface area contributed by atoms with E-state index < -0.39 is 6.10 Å². The SMILES string of the molecule is CCc1nn(CC)c(CC(O)c2ncc(Cl)cc2Cl)c1Br. The quantitative estimate of drug-likeness (QED) is 0.829. The first kappa shape index (κ1) is 16.7. The molecular formula is C14H16BrCl2N3O. The van der Waals surface area contributed by atoms with Crippen LogP contribution in [0.25, 0.3) is 0 Å². The second-order valence-electron chi connectivity index (χ2n) is 4.62. The molecular weight excluding hydrogens is 377 g/mol. The van der Waals surface area contributed by atoms with Crippen molar-refractivity contribution in [3.05, 3.63) is 43.9 Å². The van der Waals surface area contributed by atoms with Gasteiger partial charge in [0.05, 0.1) is 31.6 Å². The van der Waals surface area contributed by atoms with Gasteiger partial charge in [-0.15, -0.1) is 0 Å². The van der Waals surface area contributed by atoms with E-state index in [1.54, 1.807) is 6.07 Å². The monoisotopic (exact) mass is 391 g/mol. The Morgan fingerprint density at radius 1 is 1.38 bits per heavy atom. The lowest BCUT2D eigenvalue weighted by atomic mass is 10.1. The van der Waals surface area contributed by atoms with Crippen molar-refractivity contribution in [1.82, 2.24) is 14.8 Å². The van der Waals surface area contributed by atoms with E-state index in [4.69, 9.17) is 23.2 Å². The highest BCUT2D eigenvalue weighted by Crippen LogP contribution is 2.30. The van der Waals surface area contributed by atoms with Crippen LogP contribution in [-0.4, -0.2) is 19.9 Å². The van der Waals surface area contributed by atoms with Crippen LogP contribution >= 0.6 is 39.1 Å². The van der Waals surface area contributed by atoms with E-state index in [-0.39, 0.29) is 0 Å². The van der Waals surface area contributed by atoms with Gasteiger partial charge in [0.25, 0.3) is 0 Å². The lowest BCUT2D eigenvalue weighted by Gasteiger charge is -2.13. The number of aliphatic hydroxyl groups is 1. The molecule has 0 aromatic carbocycles. The maximum absolute atomic E-state index is 10.4. The summed E-state index contributed by atoms with van der Waals surface area (Å²) in [5.74, 6) is 0. The molecule has 1 N–H and O–H groups in total. The van der Waals surface area contributed by atoms with Gasteiger partial charge in [-0.25, -0.2) is 0 Å². The van der Waals surface area contributed by atoms with Crippen molar-refractivity contribution < 1.29 is 5.11 Å². The molecule has 0 radical (unpaired) electrons. The number of aliphatic hydroxyl groups excluding tert-OH is 1. The molecule has 2 heterocycles. The van der Waals surface area contributed by atoms with Crippen LogP contribution in [0.4, 0.5) is 0 Å². The molecule has 0 aliphatic carbocycles.